The van der Waals surface area contributed by atoms with Crippen LogP contribution in [0.15, 0.2) is 73.8 Å². The molecule has 0 N–H and O–H groups in total. The number of benzene rings is 3. The Hall–Kier alpha value is -3.12. The predicted octanol–water partition coefficient (Wildman–Crippen LogP) is 17.4. The summed E-state index contributed by atoms with van der Waals surface area (Å²) in [5.74, 6) is 0. The molecule has 49 heavy (non-hydrogen) atoms. The fraction of sp³-hybridized carbons (Fsp3) is 0.510. The predicted molar refractivity (Wildman–Crippen MR) is 237 cm³/mol. The summed E-state index contributed by atoms with van der Waals surface area (Å²) in [4.78, 5) is 0. The zero-order valence-corrected chi connectivity index (χ0v) is 37.0. The van der Waals surface area contributed by atoms with Gasteiger partial charge in [0.2, 0.25) is 0 Å². The highest BCUT2D eigenvalue weighted by Gasteiger charge is 2.13. The molecule has 0 saturated heterocycles. The molecule has 0 unspecified atom stereocenters. The molecule has 0 atom stereocenters. The summed E-state index contributed by atoms with van der Waals surface area (Å²) in [5.41, 5.74) is 13.7. The fourth-order valence-corrected chi connectivity index (χ4v) is 4.06. The highest BCUT2D eigenvalue weighted by molar-refractivity contribution is 5.86. The summed E-state index contributed by atoms with van der Waals surface area (Å²) in [6.07, 6.45) is 5.82. The molecule has 0 amide bonds. The third kappa shape index (κ3) is 27.4. The van der Waals surface area contributed by atoms with Crippen molar-refractivity contribution in [3.63, 3.8) is 0 Å². The maximum atomic E-state index is 3.00. The van der Waals surface area contributed by atoms with Crippen molar-refractivity contribution in [2.75, 3.05) is 0 Å². The van der Waals surface area contributed by atoms with Crippen molar-refractivity contribution >= 4 is 23.3 Å². The van der Waals surface area contributed by atoms with E-state index in [4.69, 9.17) is 0 Å². The zero-order valence-electron chi connectivity index (χ0n) is 37.0. The Balaban J connectivity index is -0.000000304. The number of rotatable bonds is 4. The minimum absolute atomic E-state index is 0.185. The van der Waals surface area contributed by atoms with Gasteiger partial charge in [0.15, 0.2) is 0 Å². The maximum absolute atomic E-state index is 3.00. The van der Waals surface area contributed by atoms with Crippen LogP contribution in [-0.2, 0) is 5.41 Å². The lowest BCUT2D eigenvalue weighted by Gasteiger charge is -2.19. The number of allylic oxidation sites excluding steroid dienone is 2. The molecule has 280 valence electrons. The molecule has 0 saturated carbocycles. The second kappa shape index (κ2) is 32.1. The average molecular weight is 673 g/mol. The molecule has 0 fully saturated rings. The van der Waals surface area contributed by atoms with E-state index in [2.05, 4.69) is 183 Å². The molecule has 0 spiro atoms. The van der Waals surface area contributed by atoms with Gasteiger partial charge in [-0.1, -0.05) is 203 Å². The molecule has 0 radical (unpaired) electrons. The summed E-state index contributed by atoms with van der Waals surface area (Å²) in [7, 11) is 0. The highest BCUT2D eigenvalue weighted by atomic mass is 14.2. The molecule has 3 aromatic carbocycles. The molecule has 0 aliphatic carbocycles. The van der Waals surface area contributed by atoms with Crippen molar-refractivity contribution in [3.05, 3.63) is 118 Å². The lowest BCUT2D eigenvalue weighted by Crippen LogP contribution is -2.10. The van der Waals surface area contributed by atoms with Crippen molar-refractivity contribution in [3.8, 4) is 0 Å². The molecule has 0 heteroatoms. The maximum Gasteiger partial charge on any atom is -0.0132 e. The molecule has 0 bridgehead atoms. The van der Waals surface area contributed by atoms with Gasteiger partial charge in [-0.3, -0.25) is 0 Å². The third-order valence-electron chi connectivity index (χ3n) is 6.04. The Morgan fingerprint density at radius 3 is 1.02 bits per heavy atom. The SMILES string of the molecule is C/C(=C\c1ccc(C)cc1)c1cc(C)c(/C(C)=C/c2ccc(C(C)(C)C)cc2)cc1C.C=C.CC.CC.CC.CC.CC(C)(C)C.CCC. The van der Waals surface area contributed by atoms with E-state index in [9.17, 15) is 0 Å². The molecule has 0 heterocycles. The third-order valence-corrected chi connectivity index (χ3v) is 6.04. The highest BCUT2D eigenvalue weighted by Crippen LogP contribution is 2.30. The van der Waals surface area contributed by atoms with Crippen molar-refractivity contribution in [2.45, 2.75) is 164 Å². The van der Waals surface area contributed by atoms with E-state index in [1.54, 1.807) is 0 Å². The van der Waals surface area contributed by atoms with Gasteiger partial charge in [-0.2, -0.15) is 0 Å². The van der Waals surface area contributed by atoms with Crippen LogP contribution in [0.4, 0.5) is 0 Å². The fourth-order valence-electron chi connectivity index (χ4n) is 4.06. The first-order valence-corrected chi connectivity index (χ1v) is 19.1. The Morgan fingerprint density at radius 1 is 0.531 bits per heavy atom. The first-order chi connectivity index (χ1) is 23.0. The van der Waals surface area contributed by atoms with E-state index in [-0.39, 0.29) is 5.41 Å². The van der Waals surface area contributed by atoms with Crippen LogP contribution in [0.3, 0.4) is 0 Å². The molecular formula is C49H84. The smallest absolute Gasteiger partial charge is 0.0132 e. The van der Waals surface area contributed by atoms with E-state index >= 15 is 0 Å². The van der Waals surface area contributed by atoms with Crippen LogP contribution < -0.4 is 0 Å². The standard InChI is InChI=1S/C31H36.C5H12.C3H8.4C2H6.C2H4/c1-21-9-11-26(12-10-21)17-22(2)29-19-25(5)30(20-24(29)4)23(3)18-27-13-15-28(16-14-27)31(6,7)8;1-5(2,3)4;1-3-2;5*1-2/h9-20H,1-8H3;1-4H3;3H2,1-2H3;4*1-2H3;1-2H2/b22-17+,23-18+;;;;;;;. The average Bonchev–Trinajstić information content (AvgIpc) is 3.07. The van der Waals surface area contributed by atoms with Gasteiger partial charge < -0.3 is 0 Å². The first-order valence-electron chi connectivity index (χ1n) is 19.1. The second-order valence-electron chi connectivity index (χ2n) is 13.6. The van der Waals surface area contributed by atoms with E-state index in [0.29, 0.717) is 5.41 Å². The van der Waals surface area contributed by atoms with E-state index in [1.165, 1.54) is 62.1 Å². The number of hydrogen-bond acceptors (Lipinski definition) is 0. The van der Waals surface area contributed by atoms with E-state index in [0.717, 1.165) is 0 Å². The van der Waals surface area contributed by atoms with Crippen LogP contribution in [0.2, 0.25) is 0 Å². The van der Waals surface area contributed by atoms with E-state index in [1.807, 2.05) is 55.4 Å². The summed E-state index contributed by atoms with van der Waals surface area (Å²) in [5, 5.41) is 0. The largest absolute Gasteiger partial charge is 0.106 e. The van der Waals surface area contributed by atoms with Crippen LogP contribution >= 0.6 is 0 Å². The summed E-state index contributed by atoms with van der Waals surface area (Å²) in [6, 6.07) is 22.4. The van der Waals surface area contributed by atoms with Crippen LogP contribution in [-0.4, -0.2) is 0 Å². The van der Waals surface area contributed by atoms with Crippen LogP contribution in [0.5, 0.6) is 0 Å². The first kappa shape index (κ1) is 55.3. The zero-order chi connectivity index (χ0) is 40.0. The monoisotopic (exact) mass is 673 g/mol. The minimum Gasteiger partial charge on any atom is -0.106 e. The lowest BCUT2D eigenvalue weighted by molar-refractivity contribution is 0.469. The molecule has 0 aliphatic rings. The molecular weight excluding hydrogens is 589 g/mol. The van der Waals surface area contributed by atoms with Crippen LogP contribution in [0.1, 0.15) is 182 Å². The number of hydrogen-bond donors (Lipinski definition) is 0. The molecule has 0 aliphatic heterocycles. The van der Waals surface area contributed by atoms with Crippen molar-refractivity contribution in [2.24, 2.45) is 5.41 Å². The van der Waals surface area contributed by atoms with Crippen LogP contribution in [0, 0.1) is 26.2 Å². The summed E-state index contributed by atoms with van der Waals surface area (Å²) in [6.45, 7) is 52.8. The Labute approximate surface area is 310 Å². The minimum atomic E-state index is 0.185. The van der Waals surface area contributed by atoms with Crippen molar-refractivity contribution < 1.29 is 0 Å². The summed E-state index contributed by atoms with van der Waals surface area (Å²) < 4.78 is 0. The van der Waals surface area contributed by atoms with Gasteiger partial charge in [-0.05, 0) is 95.5 Å². The number of aryl methyl sites for hydroxylation is 3. The van der Waals surface area contributed by atoms with E-state index < -0.39 is 0 Å². The molecule has 0 aromatic heterocycles. The van der Waals surface area contributed by atoms with Gasteiger partial charge in [0.1, 0.15) is 0 Å². The van der Waals surface area contributed by atoms with Crippen molar-refractivity contribution in [1.29, 1.82) is 0 Å². The van der Waals surface area contributed by atoms with Gasteiger partial charge in [0.05, 0.1) is 0 Å². The Bertz CT molecular complexity index is 1230. The van der Waals surface area contributed by atoms with Gasteiger partial charge in [0, 0.05) is 0 Å². The van der Waals surface area contributed by atoms with Gasteiger partial charge in [-0.25, -0.2) is 0 Å². The summed E-state index contributed by atoms with van der Waals surface area (Å²) >= 11 is 0. The van der Waals surface area contributed by atoms with Gasteiger partial charge in [0.25, 0.3) is 0 Å². The quantitative estimate of drug-likeness (QED) is 0.191. The molecule has 3 aromatic rings. The van der Waals surface area contributed by atoms with Crippen LogP contribution in [0.25, 0.3) is 23.3 Å². The van der Waals surface area contributed by atoms with Gasteiger partial charge >= 0.3 is 0 Å². The van der Waals surface area contributed by atoms with Crippen molar-refractivity contribution in [1.82, 2.24) is 0 Å². The lowest BCUT2D eigenvalue weighted by atomic mass is 9.86. The second-order valence-corrected chi connectivity index (χ2v) is 13.6. The Kier molecular flexibility index (Phi) is 36.2. The molecule has 3 rings (SSSR count). The normalized spacial score (nSPS) is 10.3. The Morgan fingerprint density at radius 2 is 0.776 bits per heavy atom. The topological polar surface area (TPSA) is 0 Å². The molecule has 0 nitrogen and oxygen atoms in total. The van der Waals surface area contributed by atoms with Gasteiger partial charge in [-0.15, -0.1) is 13.2 Å².